The number of aromatic carboxylic acids is 1. The fraction of sp³-hybridized carbons (Fsp3) is 0.0625. The molecule has 0 aliphatic heterocycles. The minimum Gasteiger partial charge on any atom is -0.476 e. The van der Waals surface area contributed by atoms with Gasteiger partial charge in [-0.2, -0.15) is 0 Å². The summed E-state index contributed by atoms with van der Waals surface area (Å²) in [5, 5.41) is 9.34. The highest BCUT2D eigenvalue weighted by molar-refractivity contribution is 5.97. The van der Waals surface area contributed by atoms with E-state index in [2.05, 4.69) is 9.72 Å². The molecular weight excluding hydrogens is 284 g/mol. The topological polar surface area (TPSA) is 80.9 Å². The van der Waals surface area contributed by atoms with E-state index in [9.17, 15) is 14.7 Å². The quantitative estimate of drug-likeness (QED) is 0.751. The smallest absolute Gasteiger partial charge is 0.356 e. The van der Waals surface area contributed by atoms with Crippen LogP contribution in [0, 0.1) is 0 Å². The third-order valence-electron chi connectivity index (χ3n) is 3.30. The first-order chi connectivity index (χ1) is 10.6. The maximum atomic E-state index is 11.6. The summed E-state index contributed by atoms with van der Waals surface area (Å²) in [7, 11) is 1.27. The SMILES string of the molecule is COC(=O)c1ccn2c(-c3ccccc3)nc(C(=O)O)c2c1. The van der Waals surface area contributed by atoms with Crippen LogP contribution in [0.5, 0.6) is 0 Å². The second-order valence-corrected chi connectivity index (χ2v) is 4.62. The van der Waals surface area contributed by atoms with Gasteiger partial charge in [0.15, 0.2) is 5.69 Å². The molecule has 0 saturated carbocycles. The van der Waals surface area contributed by atoms with E-state index in [0.29, 0.717) is 11.3 Å². The lowest BCUT2D eigenvalue weighted by molar-refractivity contribution is 0.0599. The highest BCUT2D eigenvalue weighted by Gasteiger charge is 2.19. The van der Waals surface area contributed by atoms with Gasteiger partial charge in [-0.1, -0.05) is 30.3 Å². The molecule has 6 nitrogen and oxygen atoms in total. The number of hydrogen-bond acceptors (Lipinski definition) is 4. The molecule has 3 rings (SSSR count). The predicted octanol–water partition coefficient (Wildman–Crippen LogP) is 2.49. The standard InChI is InChI=1S/C16H12N2O4/c1-22-16(21)11-7-8-18-12(9-11)13(15(19)20)17-14(18)10-5-3-2-4-6-10/h2-9H,1H3,(H,19,20). The third-order valence-corrected chi connectivity index (χ3v) is 3.30. The zero-order valence-corrected chi connectivity index (χ0v) is 11.7. The van der Waals surface area contributed by atoms with Gasteiger partial charge in [-0.15, -0.1) is 0 Å². The highest BCUT2D eigenvalue weighted by atomic mass is 16.5. The normalized spacial score (nSPS) is 10.6. The number of pyridine rings is 1. The number of methoxy groups -OCH3 is 1. The third kappa shape index (κ3) is 2.20. The van der Waals surface area contributed by atoms with Gasteiger partial charge in [-0.3, -0.25) is 4.40 Å². The van der Waals surface area contributed by atoms with Crippen molar-refractivity contribution >= 4 is 17.5 Å². The minimum absolute atomic E-state index is 0.107. The number of carbonyl (C=O) groups excluding carboxylic acids is 1. The summed E-state index contributed by atoms with van der Waals surface area (Å²) in [6.45, 7) is 0. The molecule has 110 valence electrons. The van der Waals surface area contributed by atoms with Crippen LogP contribution in [-0.4, -0.2) is 33.5 Å². The van der Waals surface area contributed by atoms with Gasteiger partial charge in [0.25, 0.3) is 0 Å². The van der Waals surface area contributed by atoms with Crippen molar-refractivity contribution < 1.29 is 19.4 Å². The van der Waals surface area contributed by atoms with Crippen LogP contribution < -0.4 is 0 Å². The van der Waals surface area contributed by atoms with Crippen LogP contribution in [-0.2, 0) is 4.74 Å². The van der Waals surface area contributed by atoms with Crippen molar-refractivity contribution in [3.8, 4) is 11.4 Å². The molecule has 2 heterocycles. The molecule has 0 bridgehead atoms. The van der Waals surface area contributed by atoms with Crippen molar-refractivity contribution in [2.45, 2.75) is 0 Å². The number of rotatable bonds is 3. The molecule has 0 atom stereocenters. The van der Waals surface area contributed by atoms with Crippen LogP contribution in [0.3, 0.4) is 0 Å². The number of ether oxygens (including phenoxy) is 1. The first-order valence-electron chi connectivity index (χ1n) is 6.51. The summed E-state index contributed by atoms with van der Waals surface area (Å²) in [6.07, 6.45) is 1.61. The van der Waals surface area contributed by atoms with Crippen LogP contribution in [0.1, 0.15) is 20.8 Å². The molecule has 6 heteroatoms. The van der Waals surface area contributed by atoms with Gasteiger partial charge < -0.3 is 9.84 Å². The first kappa shape index (κ1) is 13.8. The number of carboxylic acids is 1. The lowest BCUT2D eigenvalue weighted by Crippen LogP contribution is -2.03. The molecule has 0 aliphatic carbocycles. The van der Waals surface area contributed by atoms with Crippen molar-refractivity contribution in [3.05, 3.63) is 59.9 Å². The second kappa shape index (κ2) is 5.33. The van der Waals surface area contributed by atoms with Gasteiger partial charge >= 0.3 is 11.9 Å². The summed E-state index contributed by atoms with van der Waals surface area (Å²) in [6, 6.07) is 12.3. The Bertz CT molecular complexity index is 868. The van der Waals surface area contributed by atoms with Crippen LogP contribution in [0.15, 0.2) is 48.7 Å². The van der Waals surface area contributed by atoms with Crippen LogP contribution in [0.2, 0.25) is 0 Å². The van der Waals surface area contributed by atoms with Crippen LogP contribution in [0.25, 0.3) is 16.9 Å². The summed E-state index contributed by atoms with van der Waals surface area (Å²) < 4.78 is 6.31. The Labute approximate surface area is 125 Å². The van der Waals surface area contributed by atoms with Gasteiger partial charge in [0.1, 0.15) is 5.82 Å². The molecule has 1 aromatic carbocycles. The molecule has 1 N–H and O–H groups in total. The Kier molecular flexibility index (Phi) is 3.34. The number of esters is 1. The summed E-state index contributed by atoms with van der Waals surface area (Å²) in [5.41, 5.74) is 1.30. The minimum atomic E-state index is -1.15. The van der Waals surface area contributed by atoms with E-state index in [1.165, 1.54) is 13.2 Å². The summed E-state index contributed by atoms with van der Waals surface area (Å²) in [5.74, 6) is -1.17. The molecule has 0 spiro atoms. The first-order valence-corrected chi connectivity index (χ1v) is 6.51. The van der Waals surface area contributed by atoms with Crippen molar-refractivity contribution in [2.75, 3.05) is 7.11 Å². The molecule has 0 radical (unpaired) electrons. The average Bonchev–Trinajstić information content (AvgIpc) is 2.94. The van der Waals surface area contributed by atoms with Crippen molar-refractivity contribution in [1.82, 2.24) is 9.38 Å². The summed E-state index contributed by atoms with van der Waals surface area (Å²) >= 11 is 0. The lowest BCUT2D eigenvalue weighted by Gasteiger charge is -2.03. The molecule has 22 heavy (non-hydrogen) atoms. The van der Waals surface area contributed by atoms with Crippen molar-refractivity contribution in [1.29, 1.82) is 0 Å². The Balaban J connectivity index is 2.28. The number of fused-ring (bicyclic) bond motifs is 1. The predicted molar refractivity (Wildman–Crippen MR) is 78.9 cm³/mol. The van der Waals surface area contributed by atoms with Gasteiger partial charge in [0.05, 0.1) is 18.2 Å². The largest absolute Gasteiger partial charge is 0.476 e. The van der Waals surface area contributed by atoms with Crippen LogP contribution >= 0.6 is 0 Å². The molecule has 0 aliphatic rings. The number of carboxylic acid groups (broad SMARTS) is 1. The second-order valence-electron chi connectivity index (χ2n) is 4.62. The van der Waals surface area contributed by atoms with Gasteiger partial charge in [0.2, 0.25) is 0 Å². The number of imidazole rings is 1. The van der Waals surface area contributed by atoms with Crippen molar-refractivity contribution in [3.63, 3.8) is 0 Å². The molecule has 2 aromatic heterocycles. The van der Waals surface area contributed by atoms with Crippen LogP contribution in [0.4, 0.5) is 0 Å². The number of carbonyl (C=O) groups is 2. The fourth-order valence-electron chi connectivity index (χ4n) is 2.28. The number of nitrogens with zero attached hydrogens (tertiary/aromatic N) is 2. The molecule has 0 unspecified atom stereocenters. The Morgan fingerprint density at radius 1 is 1.18 bits per heavy atom. The average molecular weight is 296 g/mol. The van der Waals surface area contributed by atoms with E-state index in [1.54, 1.807) is 16.7 Å². The zero-order chi connectivity index (χ0) is 15.7. The van der Waals surface area contributed by atoms with Gasteiger partial charge in [-0.05, 0) is 12.1 Å². The zero-order valence-electron chi connectivity index (χ0n) is 11.7. The summed E-state index contributed by atoms with van der Waals surface area (Å²) in [4.78, 5) is 27.2. The molecular formula is C16H12N2O4. The van der Waals surface area contributed by atoms with E-state index in [0.717, 1.165) is 5.56 Å². The van der Waals surface area contributed by atoms with E-state index >= 15 is 0 Å². The number of aromatic nitrogens is 2. The molecule has 0 fully saturated rings. The van der Waals surface area contributed by atoms with E-state index < -0.39 is 11.9 Å². The van der Waals surface area contributed by atoms with E-state index in [4.69, 9.17) is 0 Å². The van der Waals surface area contributed by atoms with E-state index in [-0.39, 0.29) is 11.3 Å². The molecule has 0 saturated heterocycles. The Morgan fingerprint density at radius 2 is 1.91 bits per heavy atom. The van der Waals surface area contributed by atoms with Crippen molar-refractivity contribution in [2.24, 2.45) is 0 Å². The fourth-order valence-corrected chi connectivity index (χ4v) is 2.28. The number of benzene rings is 1. The van der Waals surface area contributed by atoms with E-state index in [1.807, 2.05) is 30.3 Å². The van der Waals surface area contributed by atoms with Gasteiger partial charge in [0, 0.05) is 11.8 Å². The van der Waals surface area contributed by atoms with Gasteiger partial charge in [-0.25, -0.2) is 14.6 Å². The highest BCUT2D eigenvalue weighted by Crippen LogP contribution is 2.23. The lowest BCUT2D eigenvalue weighted by atomic mass is 10.2. The Hall–Kier alpha value is -3.15. The Morgan fingerprint density at radius 3 is 2.55 bits per heavy atom. The maximum Gasteiger partial charge on any atom is 0.356 e. The molecule has 3 aromatic rings. The molecule has 0 amide bonds. The monoisotopic (exact) mass is 296 g/mol. The maximum absolute atomic E-state index is 11.6. The number of hydrogen-bond donors (Lipinski definition) is 1.